The lowest BCUT2D eigenvalue weighted by molar-refractivity contribution is -0.122. The Morgan fingerprint density at radius 1 is 1.12 bits per heavy atom. The third kappa shape index (κ3) is 5.61. The van der Waals surface area contributed by atoms with Crippen molar-refractivity contribution in [3.8, 4) is 11.4 Å². The predicted octanol–water partition coefficient (Wildman–Crippen LogP) is 1.94. The number of nitrogens with one attached hydrogen (secondary N) is 2. The number of aromatic nitrogens is 4. The molecule has 0 fully saturated rings. The molecule has 2 amide bonds. The van der Waals surface area contributed by atoms with Crippen LogP contribution in [0.25, 0.3) is 11.4 Å². The third-order valence-electron chi connectivity index (χ3n) is 4.74. The van der Waals surface area contributed by atoms with Crippen LogP contribution in [0.15, 0.2) is 45.7 Å². The highest BCUT2D eigenvalue weighted by Crippen LogP contribution is 2.21. The van der Waals surface area contributed by atoms with Gasteiger partial charge in [0.15, 0.2) is 0 Å². The minimum absolute atomic E-state index is 0.0651. The molecule has 3 rings (SSSR count). The van der Waals surface area contributed by atoms with Crippen molar-refractivity contribution < 1.29 is 18.8 Å². The number of hydrogen-bond acceptors (Lipinski definition) is 8. The molecular weight excluding hydrogens is 440 g/mol. The van der Waals surface area contributed by atoms with Crippen molar-refractivity contribution in [3.05, 3.63) is 58.7 Å². The normalized spacial score (nSPS) is 12.1. The van der Waals surface area contributed by atoms with Crippen LogP contribution >= 0.6 is 0 Å². The van der Waals surface area contributed by atoms with Crippen LogP contribution in [0.5, 0.6) is 0 Å². The van der Waals surface area contributed by atoms with E-state index in [2.05, 4.69) is 25.8 Å². The molecule has 0 aliphatic carbocycles. The van der Waals surface area contributed by atoms with Crippen molar-refractivity contribution in [3.63, 3.8) is 0 Å². The van der Waals surface area contributed by atoms with Gasteiger partial charge in [-0.05, 0) is 6.92 Å². The summed E-state index contributed by atoms with van der Waals surface area (Å²) in [6, 6.07) is 7.84. The van der Waals surface area contributed by atoms with Crippen LogP contribution in [-0.2, 0) is 21.5 Å². The SMILES string of the molecule is CC(=O)Nc1cnc(-c2ccccc2)n(CC(=O)NC(C)C(=O)c2nnc(C(C)(C)C)o2)c1=O. The topological polar surface area (TPSA) is 149 Å². The largest absolute Gasteiger partial charge is 0.418 e. The van der Waals surface area contributed by atoms with E-state index in [-0.39, 0.29) is 17.4 Å². The number of Topliss-reactive ketones (excluding diaryl/α,β-unsaturated/α-hetero) is 1. The van der Waals surface area contributed by atoms with Gasteiger partial charge in [0.25, 0.3) is 11.4 Å². The summed E-state index contributed by atoms with van der Waals surface area (Å²) >= 11 is 0. The molecule has 2 heterocycles. The summed E-state index contributed by atoms with van der Waals surface area (Å²) in [6.45, 7) is 7.91. The van der Waals surface area contributed by atoms with Gasteiger partial charge in [0.1, 0.15) is 18.1 Å². The smallest absolute Gasteiger partial charge is 0.286 e. The Kier molecular flexibility index (Phi) is 7.04. The van der Waals surface area contributed by atoms with Crippen LogP contribution in [0.2, 0.25) is 0 Å². The van der Waals surface area contributed by atoms with E-state index in [1.165, 1.54) is 20.0 Å². The van der Waals surface area contributed by atoms with Gasteiger partial charge in [-0.25, -0.2) is 4.98 Å². The molecule has 2 aromatic heterocycles. The van der Waals surface area contributed by atoms with Crippen molar-refractivity contribution >= 4 is 23.3 Å². The zero-order valence-electron chi connectivity index (χ0n) is 19.6. The van der Waals surface area contributed by atoms with E-state index in [0.29, 0.717) is 11.5 Å². The van der Waals surface area contributed by atoms with Gasteiger partial charge in [0.2, 0.25) is 23.5 Å². The number of carbonyl (C=O) groups is 3. The highest BCUT2D eigenvalue weighted by molar-refractivity contribution is 5.98. The van der Waals surface area contributed by atoms with Crippen LogP contribution in [-0.4, -0.2) is 43.4 Å². The maximum absolute atomic E-state index is 13.0. The summed E-state index contributed by atoms with van der Waals surface area (Å²) in [5.41, 5.74) is -0.500. The minimum atomic E-state index is -0.983. The van der Waals surface area contributed by atoms with Crippen LogP contribution in [0.3, 0.4) is 0 Å². The molecule has 178 valence electrons. The molecule has 0 saturated heterocycles. The molecule has 0 spiro atoms. The molecular formula is C23H26N6O5. The van der Waals surface area contributed by atoms with E-state index in [0.717, 1.165) is 4.57 Å². The Balaban J connectivity index is 1.84. The molecule has 11 heteroatoms. The van der Waals surface area contributed by atoms with E-state index in [1.54, 1.807) is 30.3 Å². The molecule has 11 nitrogen and oxygen atoms in total. The fourth-order valence-electron chi connectivity index (χ4n) is 3.04. The summed E-state index contributed by atoms with van der Waals surface area (Å²) in [5, 5.41) is 12.6. The highest BCUT2D eigenvalue weighted by atomic mass is 16.4. The molecule has 0 bridgehead atoms. The minimum Gasteiger partial charge on any atom is -0.418 e. The number of rotatable bonds is 7. The Hall–Kier alpha value is -4.15. The van der Waals surface area contributed by atoms with E-state index in [4.69, 9.17) is 4.42 Å². The third-order valence-corrected chi connectivity index (χ3v) is 4.74. The maximum Gasteiger partial charge on any atom is 0.286 e. The van der Waals surface area contributed by atoms with Gasteiger partial charge in [0.05, 0.1) is 12.2 Å². The van der Waals surface area contributed by atoms with Crippen LogP contribution < -0.4 is 16.2 Å². The fraction of sp³-hybridized carbons (Fsp3) is 0.348. The van der Waals surface area contributed by atoms with Crippen molar-refractivity contribution in [2.24, 2.45) is 0 Å². The molecule has 0 saturated carbocycles. The molecule has 1 unspecified atom stereocenters. The fourth-order valence-corrected chi connectivity index (χ4v) is 3.04. The molecule has 34 heavy (non-hydrogen) atoms. The van der Waals surface area contributed by atoms with Crippen molar-refractivity contribution in [2.45, 2.75) is 52.6 Å². The molecule has 3 aromatic rings. The second-order valence-electron chi connectivity index (χ2n) is 8.75. The number of amides is 2. The van der Waals surface area contributed by atoms with Gasteiger partial charge in [-0.15, -0.1) is 10.2 Å². The number of nitrogens with zero attached hydrogens (tertiary/aromatic N) is 4. The van der Waals surface area contributed by atoms with Crippen molar-refractivity contribution in [1.29, 1.82) is 0 Å². The van der Waals surface area contributed by atoms with Gasteiger partial charge in [0, 0.05) is 17.9 Å². The second kappa shape index (κ2) is 9.77. The first kappa shape index (κ1) is 24.5. The first-order valence-corrected chi connectivity index (χ1v) is 10.6. The van der Waals surface area contributed by atoms with E-state index >= 15 is 0 Å². The van der Waals surface area contributed by atoms with Gasteiger partial charge in [-0.1, -0.05) is 51.1 Å². The number of hydrogen-bond donors (Lipinski definition) is 2. The number of ketones is 1. The molecule has 1 aromatic carbocycles. The van der Waals surface area contributed by atoms with Gasteiger partial charge in [-0.3, -0.25) is 23.7 Å². The van der Waals surface area contributed by atoms with Gasteiger partial charge >= 0.3 is 0 Å². The summed E-state index contributed by atoms with van der Waals surface area (Å²) in [7, 11) is 0. The molecule has 0 radical (unpaired) electrons. The van der Waals surface area contributed by atoms with E-state index in [9.17, 15) is 19.2 Å². The molecule has 2 N–H and O–H groups in total. The lowest BCUT2D eigenvalue weighted by Crippen LogP contribution is -2.42. The molecule has 0 aliphatic heterocycles. The second-order valence-corrected chi connectivity index (χ2v) is 8.75. The zero-order valence-corrected chi connectivity index (χ0v) is 19.6. The van der Waals surface area contributed by atoms with Gasteiger partial charge < -0.3 is 15.1 Å². The Morgan fingerprint density at radius 2 is 1.79 bits per heavy atom. The lowest BCUT2D eigenvalue weighted by Gasteiger charge is -2.16. The first-order valence-electron chi connectivity index (χ1n) is 10.6. The van der Waals surface area contributed by atoms with Crippen molar-refractivity contribution in [2.75, 3.05) is 5.32 Å². The quantitative estimate of drug-likeness (QED) is 0.502. The van der Waals surface area contributed by atoms with Crippen LogP contribution in [0.1, 0.15) is 51.2 Å². The number of carbonyl (C=O) groups excluding carboxylic acids is 3. The predicted molar refractivity (Wildman–Crippen MR) is 123 cm³/mol. The number of benzene rings is 1. The van der Waals surface area contributed by atoms with Crippen LogP contribution in [0, 0.1) is 0 Å². The Morgan fingerprint density at radius 3 is 2.38 bits per heavy atom. The summed E-state index contributed by atoms with van der Waals surface area (Å²) < 4.78 is 6.59. The summed E-state index contributed by atoms with van der Waals surface area (Å²) in [5.74, 6) is -1.30. The average molecular weight is 466 g/mol. The van der Waals surface area contributed by atoms with Crippen LogP contribution in [0.4, 0.5) is 5.69 Å². The van der Waals surface area contributed by atoms with Gasteiger partial charge in [-0.2, -0.15) is 0 Å². The standard InChI is InChI=1S/C23H26N6O5/c1-13(18(32)20-27-28-22(34-20)23(3,4)5)25-17(31)12-29-19(15-9-7-6-8-10-15)24-11-16(21(29)33)26-14(2)30/h6-11,13H,12H2,1-5H3,(H,25,31)(H,26,30). The first-order chi connectivity index (χ1) is 16.0. The molecule has 1 atom stereocenters. The highest BCUT2D eigenvalue weighted by Gasteiger charge is 2.27. The Labute approximate surface area is 195 Å². The summed E-state index contributed by atoms with van der Waals surface area (Å²) in [6.07, 6.45) is 1.25. The monoisotopic (exact) mass is 466 g/mol. The maximum atomic E-state index is 13.0. The number of anilines is 1. The Bertz CT molecular complexity index is 1270. The zero-order chi connectivity index (χ0) is 25.0. The summed E-state index contributed by atoms with van der Waals surface area (Å²) in [4.78, 5) is 54.2. The van der Waals surface area contributed by atoms with E-state index < -0.39 is 41.2 Å². The lowest BCUT2D eigenvalue weighted by atomic mass is 9.97. The van der Waals surface area contributed by atoms with Crippen molar-refractivity contribution in [1.82, 2.24) is 25.1 Å². The average Bonchev–Trinajstić information content (AvgIpc) is 3.27. The molecule has 0 aliphatic rings. The van der Waals surface area contributed by atoms with E-state index in [1.807, 2.05) is 20.8 Å².